The van der Waals surface area contributed by atoms with Gasteiger partial charge in [-0.15, -0.1) is 16.4 Å². The van der Waals surface area contributed by atoms with Crippen LogP contribution in [-0.2, 0) is 7.05 Å². The first-order chi connectivity index (χ1) is 6.70. The van der Waals surface area contributed by atoms with E-state index in [4.69, 9.17) is 0 Å². The lowest BCUT2D eigenvalue weighted by atomic mass is 10.2. The number of aliphatic hydroxyl groups is 1. The fourth-order valence-corrected chi connectivity index (χ4v) is 2.77. The molecule has 4 nitrogen and oxygen atoms in total. The fourth-order valence-electron chi connectivity index (χ4n) is 1.18. The normalized spacial score (nSPS) is 13.1. The molecule has 2 aromatic rings. The molecule has 74 valence electrons. The second-order valence-corrected chi connectivity index (χ2v) is 4.62. The van der Waals surface area contributed by atoms with Crippen molar-refractivity contribution >= 4 is 27.3 Å². The molecule has 2 rings (SSSR count). The second kappa shape index (κ2) is 3.80. The second-order valence-electron chi connectivity index (χ2n) is 2.82. The van der Waals surface area contributed by atoms with E-state index < -0.39 is 6.10 Å². The molecule has 6 heteroatoms. The number of aryl methyl sites for hydroxylation is 1. The van der Waals surface area contributed by atoms with Crippen LogP contribution >= 0.6 is 27.3 Å². The van der Waals surface area contributed by atoms with E-state index in [9.17, 15) is 5.11 Å². The molecule has 0 fully saturated rings. The zero-order valence-electron chi connectivity index (χ0n) is 7.38. The molecular weight excluding hydrogens is 266 g/mol. The maximum absolute atomic E-state index is 10.0. The van der Waals surface area contributed by atoms with Crippen LogP contribution in [0.5, 0.6) is 0 Å². The van der Waals surface area contributed by atoms with Gasteiger partial charge in [0.1, 0.15) is 6.10 Å². The number of halogens is 1. The topological polar surface area (TPSA) is 50.9 Å². The van der Waals surface area contributed by atoms with Gasteiger partial charge in [0, 0.05) is 11.5 Å². The Morgan fingerprint density at radius 1 is 1.64 bits per heavy atom. The molecule has 0 spiro atoms. The lowest BCUT2D eigenvalue weighted by Crippen LogP contribution is -2.05. The predicted octanol–water partition coefficient (Wildman–Crippen LogP) is 1.72. The molecule has 1 atom stereocenters. The van der Waals surface area contributed by atoms with E-state index >= 15 is 0 Å². The maximum atomic E-state index is 10.0. The highest BCUT2D eigenvalue weighted by Crippen LogP contribution is 2.32. The average Bonchev–Trinajstić information content (AvgIpc) is 2.73. The van der Waals surface area contributed by atoms with Crippen LogP contribution in [0.4, 0.5) is 0 Å². The average molecular weight is 274 g/mol. The van der Waals surface area contributed by atoms with Crippen LogP contribution in [0.1, 0.15) is 16.7 Å². The van der Waals surface area contributed by atoms with Gasteiger partial charge in [0.05, 0.1) is 16.8 Å². The van der Waals surface area contributed by atoms with E-state index in [1.807, 2.05) is 11.4 Å². The van der Waals surface area contributed by atoms with Gasteiger partial charge in [-0.3, -0.25) is 0 Å². The van der Waals surface area contributed by atoms with Gasteiger partial charge in [0.15, 0.2) is 0 Å². The molecule has 2 aromatic heterocycles. The zero-order valence-corrected chi connectivity index (χ0v) is 9.79. The molecule has 0 aliphatic rings. The smallest absolute Gasteiger partial charge is 0.132 e. The summed E-state index contributed by atoms with van der Waals surface area (Å²) in [6.45, 7) is 0. The zero-order chi connectivity index (χ0) is 10.1. The van der Waals surface area contributed by atoms with E-state index in [1.54, 1.807) is 17.9 Å². The van der Waals surface area contributed by atoms with E-state index in [0.717, 1.165) is 9.35 Å². The van der Waals surface area contributed by atoms with Crippen LogP contribution < -0.4 is 0 Å². The predicted molar refractivity (Wildman–Crippen MR) is 57.1 cm³/mol. The number of aromatic nitrogens is 3. The summed E-state index contributed by atoms with van der Waals surface area (Å²) in [5.74, 6) is 0. The quantitative estimate of drug-likeness (QED) is 0.907. The molecule has 0 aliphatic heterocycles. The van der Waals surface area contributed by atoms with Crippen molar-refractivity contribution in [3.8, 4) is 0 Å². The van der Waals surface area contributed by atoms with Gasteiger partial charge in [-0.1, -0.05) is 5.21 Å². The van der Waals surface area contributed by atoms with Crippen molar-refractivity contribution in [1.82, 2.24) is 15.0 Å². The molecular formula is C8H8BrN3OS. The highest BCUT2D eigenvalue weighted by molar-refractivity contribution is 9.10. The van der Waals surface area contributed by atoms with Crippen LogP contribution in [0.25, 0.3) is 0 Å². The Labute approximate surface area is 93.3 Å². The van der Waals surface area contributed by atoms with Gasteiger partial charge in [-0.2, -0.15) is 0 Å². The van der Waals surface area contributed by atoms with Crippen molar-refractivity contribution in [3.63, 3.8) is 0 Å². The number of rotatable bonds is 2. The summed E-state index contributed by atoms with van der Waals surface area (Å²) < 4.78 is 2.48. The highest BCUT2D eigenvalue weighted by atomic mass is 79.9. The number of aliphatic hydroxyl groups excluding tert-OH is 1. The van der Waals surface area contributed by atoms with Gasteiger partial charge in [0.25, 0.3) is 0 Å². The minimum Gasteiger partial charge on any atom is -0.381 e. The summed E-state index contributed by atoms with van der Waals surface area (Å²) in [7, 11) is 1.76. The molecule has 1 N–H and O–H groups in total. The van der Waals surface area contributed by atoms with Crippen LogP contribution in [0.3, 0.4) is 0 Å². The Kier molecular flexibility index (Phi) is 2.66. The Morgan fingerprint density at radius 2 is 2.43 bits per heavy atom. The molecule has 0 amide bonds. The molecule has 0 saturated heterocycles. The van der Waals surface area contributed by atoms with Crippen LogP contribution in [0.2, 0.25) is 0 Å². The molecule has 14 heavy (non-hydrogen) atoms. The van der Waals surface area contributed by atoms with Gasteiger partial charge < -0.3 is 5.11 Å². The molecule has 0 aromatic carbocycles. The summed E-state index contributed by atoms with van der Waals surface area (Å²) in [5.41, 5.74) is 0.688. The van der Waals surface area contributed by atoms with Crippen molar-refractivity contribution in [2.24, 2.45) is 7.05 Å². The largest absolute Gasteiger partial charge is 0.381 e. The van der Waals surface area contributed by atoms with Gasteiger partial charge in [-0.25, -0.2) is 4.68 Å². The lowest BCUT2D eigenvalue weighted by molar-refractivity contribution is 0.213. The fraction of sp³-hybridized carbons (Fsp3) is 0.250. The summed E-state index contributed by atoms with van der Waals surface area (Å²) >= 11 is 4.88. The van der Waals surface area contributed by atoms with Gasteiger partial charge in [-0.05, 0) is 27.4 Å². The summed E-state index contributed by atoms with van der Waals surface area (Å²) in [6.07, 6.45) is 0.904. The summed E-state index contributed by atoms with van der Waals surface area (Å²) in [4.78, 5) is 0.871. The monoisotopic (exact) mass is 273 g/mol. The third-order valence-electron chi connectivity index (χ3n) is 1.92. The van der Waals surface area contributed by atoms with Crippen LogP contribution in [0.15, 0.2) is 22.1 Å². The van der Waals surface area contributed by atoms with E-state index in [1.165, 1.54) is 11.3 Å². The van der Waals surface area contributed by atoms with Crippen molar-refractivity contribution < 1.29 is 5.11 Å². The Hall–Kier alpha value is -0.720. The van der Waals surface area contributed by atoms with E-state index in [-0.39, 0.29) is 0 Å². The Bertz CT molecular complexity index is 399. The Morgan fingerprint density at radius 3 is 2.93 bits per heavy atom. The minimum atomic E-state index is -0.663. The SMILES string of the molecule is Cn1nncc1C(O)c1sccc1Br. The first kappa shape index (κ1) is 9.82. The first-order valence-corrected chi connectivity index (χ1v) is 5.63. The molecule has 0 aliphatic carbocycles. The molecule has 1 unspecified atom stereocenters. The lowest BCUT2D eigenvalue weighted by Gasteiger charge is -2.08. The molecule has 2 heterocycles. The number of hydrogen-bond acceptors (Lipinski definition) is 4. The van der Waals surface area contributed by atoms with Gasteiger partial charge >= 0.3 is 0 Å². The van der Waals surface area contributed by atoms with Gasteiger partial charge in [0.2, 0.25) is 0 Å². The number of nitrogens with zero attached hydrogens (tertiary/aromatic N) is 3. The molecule has 0 bridgehead atoms. The highest BCUT2D eigenvalue weighted by Gasteiger charge is 2.18. The summed E-state index contributed by atoms with van der Waals surface area (Å²) in [5, 5.41) is 19.4. The van der Waals surface area contributed by atoms with Crippen molar-refractivity contribution in [3.05, 3.63) is 32.7 Å². The molecule has 0 radical (unpaired) electrons. The van der Waals surface area contributed by atoms with Crippen molar-refractivity contribution in [1.29, 1.82) is 0 Å². The standard InChI is InChI=1S/C8H8BrN3OS/c1-12-6(4-10-11-12)7(13)8-5(9)2-3-14-8/h2-4,7,13H,1H3. The summed E-state index contributed by atoms with van der Waals surface area (Å²) in [6, 6.07) is 1.91. The third-order valence-corrected chi connectivity index (χ3v) is 3.85. The third kappa shape index (κ3) is 1.60. The molecule has 0 saturated carbocycles. The number of thiophene rings is 1. The Balaban J connectivity index is 2.38. The van der Waals surface area contributed by atoms with Crippen molar-refractivity contribution in [2.75, 3.05) is 0 Å². The van der Waals surface area contributed by atoms with Crippen LogP contribution in [-0.4, -0.2) is 20.1 Å². The first-order valence-electron chi connectivity index (χ1n) is 3.95. The van der Waals surface area contributed by atoms with Crippen molar-refractivity contribution in [2.45, 2.75) is 6.10 Å². The number of hydrogen-bond donors (Lipinski definition) is 1. The van der Waals surface area contributed by atoms with E-state index in [2.05, 4.69) is 26.2 Å². The minimum absolute atomic E-state index is 0.663. The van der Waals surface area contributed by atoms with E-state index in [0.29, 0.717) is 5.69 Å². The maximum Gasteiger partial charge on any atom is 0.132 e. The van der Waals surface area contributed by atoms with Crippen LogP contribution in [0, 0.1) is 0 Å².